The third kappa shape index (κ3) is 4.88. The van der Waals surface area contributed by atoms with E-state index in [1.807, 2.05) is 56.3 Å². The van der Waals surface area contributed by atoms with Crippen LogP contribution in [-0.2, 0) is 6.42 Å². The SMILES string of the molecule is COc1ccc(CCNc2cc(C(=O)Nc3c(C)cccc3C)ccn2)cc1. The molecule has 28 heavy (non-hydrogen) atoms. The number of benzene rings is 2. The number of pyridine rings is 1. The van der Waals surface area contributed by atoms with E-state index in [4.69, 9.17) is 4.74 Å². The van der Waals surface area contributed by atoms with E-state index in [9.17, 15) is 4.79 Å². The fourth-order valence-electron chi connectivity index (χ4n) is 2.99. The summed E-state index contributed by atoms with van der Waals surface area (Å²) in [6.45, 7) is 4.70. The van der Waals surface area contributed by atoms with Gasteiger partial charge in [-0.05, 0) is 61.2 Å². The number of ether oxygens (including phenoxy) is 1. The molecule has 0 saturated carbocycles. The maximum absolute atomic E-state index is 12.6. The zero-order valence-electron chi connectivity index (χ0n) is 16.5. The summed E-state index contributed by atoms with van der Waals surface area (Å²) in [4.78, 5) is 17.0. The molecule has 0 aliphatic heterocycles. The van der Waals surface area contributed by atoms with Crippen LogP contribution in [0.1, 0.15) is 27.0 Å². The van der Waals surface area contributed by atoms with Crippen molar-refractivity contribution >= 4 is 17.4 Å². The fourth-order valence-corrected chi connectivity index (χ4v) is 2.99. The molecule has 0 aliphatic rings. The first-order valence-corrected chi connectivity index (χ1v) is 9.27. The molecular formula is C23H25N3O2. The Hall–Kier alpha value is -3.34. The molecular weight excluding hydrogens is 350 g/mol. The van der Waals surface area contributed by atoms with Gasteiger partial charge in [-0.25, -0.2) is 4.98 Å². The summed E-state index contributed by atoms with van der Waals surface area (Å²) in [6, 6.07) is 17.4. The summed E-state index contributed by atoms with van der Waals surface area (Å²) in [5.41, 5.74) is 4.72. The molecule has 2 aromatic carbocycles. The maximum Gasteiger partial charge on any atom is 0.255 e. The predicted octanol–water partition coefficient (Wildman–Crippen LogP) is 4.61. The monoisotopic (exact) mass is 375 g/mol. The highest BCUT2D eigenvalue weighted by molar-refractivity contribution is 6.05. The van der Waals surface area contributed by atoms with Gasteiger partial charge in [0.05, 0.1) is 7.11 Å². The Kier molecular flexibility index (Phi) is 6.27. The normalized spacial score (nSPS) is 10.4. The van der Waals surface area contributed by atoms with Gasteiger partial charge in [0, 0.05) is 24.0 Å². The van der Waals surface area contributed by atoms with Crippen LogP contribution in [0.3, 0.4) is 0 Å². The minimum atomic E-state index is -0.141. The number of carbonyl (C=O) groups is 1. The average Bonchev–Trinajstić information content (AvgIpc) is 2.71. The molecule has 0 saturated heterocycles. The van der Waals surface area contributed by atoms with Crippen molar-refractivity contribution in [3.8, 4) is 5.75 Å². The molecule has 0 atom stereocenters. The molecule has 0 spiro atoms. The Morgan fingerprint density at radius 3 is 2.43 bits per heavy atom. The molecule has 0 bridgehead atoms. The molecule has 0 fully saturated rings. The van der Waals surface area contributed by atoms with Crippen LogP contribution in [0, 0.1) is 13.8 Å². The van der Waals surface area contributed by atoms with Crippen molar-refractivity contribution in [1.29, 1.82) is 0 Å². The molecule has 2 N–H and O–H groups in total. The number of nitrogens with one attached hydrogen (secondary N) is 2. The maximum atomic E-state index is 12.6. The number of methoxy groups -OCH3 is 1. The molecule has 144 valence electrons. The van der Waals surface area contributed by atoms with Crippen LogP contribution >= 0.6 is 0 Å². The van der Waals surface area contributed by atoms with E-state index in [-0.39, 0.29) is 5.91 Å². The van der Waals surface area contributed by atoms with E-state index in [0.29, 0.717) is 11.4 Å². The van der Waals surface area contributed by atoms with Crippen molar-refractivity contribution in [2.45, 2.75) is 20.3 Å². The molecule has 5 nitrogen and oxygen atoms in total. The number of para-hydroxylation sites is 1. The largest absolute Gasteiger partial charge is 0.497 e. The minimum absolute atomic E-state index is 0.141. The van der Waals surface area contributed by atoms with Crippen LogP contribution < -0.4 is 15.4 Å². The number of anilines is 2. The van der Waals surface area contributed by atoms with Gasteiger partial charge in [0.15, 0.2) is 0 Å². The van der Waals surface area contributed by atoms with Gasteiger partial charge in [0.25, 0.3) is 5.91 Å². The summed E-state index contributed by atoms with van der Waals surface area (Å²) < 4.78 is 5.17. The van der Waals surface area contributed by atoms with E-state index in [1.165, 1.54) is 5.56 Å². The van der Waals surface area contributed by atoms with Gasteiger partial charge >= 0.3 is 0 Å². The van der Waals surface area contributed by atoms with Crippen molar-refractivity contribution in [2.24, 2.45) is 0 Å². The third-order valence-corrected chi connectivity index (χ3v) is 4.62. The Morgan fingerprint density at radius 2 is 1.75 bits per heavy atom. The van der Waals surface area contributed by atoms with E-state index in [2.05, 4.69) is 15.6 Å². The van der Waals surface area contributed by atoms with Gasteiger partial charge in [-0.3, -0.25) is 4.79 Å². The molecule has 0 radical (unpaired) electrons. The molecule has 3 rings (SSSR count). The molecule has 0 unspecified atom stereocenters. The summed E-state index contributed by atoms with van der Waals surface area (Å²) in [5, 5.41) is 6.29. The zero-order chi connectivity index (χ0) is 19.9. The Morgan fingerprint density at radius 1 is 1.04 bits per heavy atom. The number of hydrogen-bond donors (Lipinski definition) is 2. The lowest BCUT2D eigenvalue weighted by Gasteiger charge is -2.12. The highest BCUT2D eigenvalue weighted by Gasteiger charge is 2.10. The van der Waals surface area contributed by atoms with Gasteiger partial charge in [-0.1, -0.05) is 30.3 Å². The second-order valence-electron chi connectivity index (χ2n) is 6.68. The van der Waals surface area contributed by atoms with Crippen LogP contribution in [0.25, 0.3) is 0 Å². The lowest BCUT2D eigenvalue weighted by Crippen LogP contribution is -2.15. The van der Waals surface area contributed by atoms with E-state index in [1.54, 1.807) is 25.4 Å². The quantitative estimate of drug-likeness (QED) is 0.633. The highest BCUT2D eigenvalue weighted by atomic mass is 16.5. The van der Waals surface area contributed by atoms with Crippen molar-refractivity contribution < 1.29 is 9.53 Å². The van der Waals surface area contributed by atoms with E-state index >= 15 is 0 Å². The Balaban J connectivity index is 1.60. The first-order chi connectivity index (χ1) is 13.6. The highest BCUT2D eigenvalue weighted by Crippen LogP contribution is 2.20. The molecule has 1 heterocycles. The molecule has 0 aliphatic carbocycles. The van der Waals surface area contributed by atoms with Crippen molar-refractivity contribution in [2.75, 3.05) is 24.3 Å². The number of rotatable bonds is 7. The summed E-state index contributed by atoms with van der Waals surface area (Å²) in [6.07, 6.45) is 2.50. The Labute approximate surface area is 165 Å². The summed E-state index contributed by atoms with van der Waals surface area (Å²) >= 11 is 0. The second-order valence-corrected chi connectivity index (χ2v) is 6.68. The summed E-state index contributed by atoms with van der Waals surface area (Å²) in [7, 11) is 1.66. The number of carbonyl (C=O) groups excluding carboxylic acids is 1. The fraction of sp³-hybridized carbons (Fsp3) is 0.217. The van der Waals surface area contributed by atoms with Crippen molar-refractivity contribution in [1.82, 2.24) is 4.98 Å². The van der Waals surface area contributed by atoms with Crippen LogP contribution in [0.4, 0.5) is 11.5 Å². The van der Waals surface area contributed by atoms with Gasteiger partial charge in [-0.2, -0.15) is 0 Å². The number of nitrogens with zero attached hydrogens (tertiary/aromatic N) is 1. The number of hydrogen-bond acceptors (Lipinski definition) is 4. The van der Waals surface area contributed by atoms with E-state index < -0.39 is 0 Å². The van der Waals surface area contributed by atoms with Crippen LogP contribution in [-0.4, -0.2) is 24.5 Å². The second kappa shape index (κ2) is 9.04. The minimum Gasteiger partial charge on any atom is -0.497 e. The Bertz CT molecular complexity index is 932. The zero-order valence-corrected chi connectivity index (χ0v) is 16.5. The summed E-state index contributed by atoms with van der Waals surface area (Å²) in [5.74, 6) is 1.39. The van der Waals surface area contributed by atoms with Gasteiger partial charge < -0.3 is 15.4 Å². The van der Waals surface area contributed by atoms with Gasteiger partial charge in [0.2, 0.25) is 0 Å². The molecule has 1 aromatic heterocycles. The lowest BCUT2D eigenvalue weighted by atomic mass is 10.1. The molecule has 5 heteroatoms. The number of amides is 1. The first kappa shape index (κ1) is 19.4. The number of aromatic nitrogens is 1. The smallest absolute Gasteiger partial charge is 0.255 e. The molecule has 1 amide bonds. The topological polar surface area (TPSA) is 63.2 Å². The lowest BCUT2D eigenvalue weighted by molar-refractivity contribution is 0.102. The first-order valence-electron chi connectivity index (χ1n) is 9.27. The predicted molar refractivity (Wildman–Crippen MR) is 113 cm³/mol. The van der Waals surface area contributed by atoms with Gasteiger partial charge in [0.1, 0.15) is 11.6 Å². The van der Waals surface area contributed by atoms with Crippen LogP contribution in [0.15, 0.2) is 60.8 Å². The number of aryl methyl sites for hydroxylation is 2. The average molecular weight is 375 g/mol. The third-order valence-electron chi connectivity index (χ3n) is 4.62. The standard InChI is InChI=1S/C23H25N3O2/c1-16-5-4-6-17(2)22(16)26-23(27)19-12-14-25-21(15-19)24-13-11-18-7-9-20(28-3)10-8-18/h4-10,12,14-15H,11,13H2,1-3H3,(H,24,25)(H,26,27). The van der Waals surface area contributed by atoms with Crippen LogP contribution in [0.2, 0.25) is 0 Å². The van der Waals surface area contributed by atoms with E-state index in [0.717, 1.165) is 35.5 Å². The van der Waals surface area contributed by atoms with Gasteiger partial charge in [-0.15, -0.1) is 0 Å². The van der Waals surface area contributed by atoms with Crippen molar-refractivity contribution in [3.63, 3.8) is 0 Å². The van der Waals surface area contributed by atoms with Crippen LogP contribution in [0.5, 0.6) is 5.75 Å². The molecule has 3 aromatic rings. The van der Waals surface area contributed by atoms with Crippen molar-refractivity contribution in [3.05, 3.63) is 83.0 Å².